The van der Waals surface area contributed by atoms with Crippen LogP contribution in [0.15, 0.2) is 82.6 Å². The van der Waals surface area contributed by atoms with Crippen molar-refractivity contribution in [3.05, 3.63) is 83.4 Å². The molecule has 11 heteroatoms. The number of hydrogen-bond donors (Lipinski definition) is 2. The number of carbonyl (C=O) groups is 1. The second kappa shape index (κ2) is 10.4. The lowest BCUT2D eigenvalue weighted by Gasteiger charge is -2.30. The van der Waals surface area contributed by atoms with Gasteiger partial charge in [0.15, 0.2) is 0 Å². The minimum Gasteiger partial charge on any atom is -0.326 e. The fraction of sp³-hybridized carbons (Fsp3) is 0.208. The van der Waals surface area contributed by atoms with Gasteiger partial charge >= 0.3 is 0 Å². The number of para-hydroxylation sites is 1. The van der Waals surface area contributed by atoms with Crippen molar-refractivity contribution < 1.29 is 21.6 Å². The largest absolute Gasteiger partial charge is 0.326 e. The van der Waals surface area contributed by atoms with Crippen LogP contribution >= 0.6 is 11.6 Å². The molecule has 0 fully saturated rings. The number of halogens is 1. The standard InChI is InChI=1S/C24H24ClN3O5S2/c25-19-7-11-21(12-8-19)34(30,31)26-16-15-24(29)27-20-9-13-22(14-10-20)35(32,33)28-17-3-5-18-4-1-2-6-23(18)28/h1-2,4,6-14,26H,3,5,15-17H2,(H,27,29). The molecule has 0 bridgehead atoms. The molecule has 1 amide bonds. The quantitative estimate of drug-likeness (QED) is 0.457. The van der Waals surface area contributed by atoms with Crippen LogP contribution in [0.5, 0.6) is 0 Å². The summed E-state index contributed by atoms with van der Waals surface area (Å²) in [6, 6.07) is 19.1. The molecule has 0 saturated carbocycles. The van der Waals surface area contributed by atoms with Crippen molar-refractivity contribution in [3.63, 3.8) is 0 Å². The van der Waals surface area contributed by atoms with E-state index in [1.54, 1.807) is 0 Å². The summed E-state index contributed by atoms with van der Waals surface area (Å²) in [7, 11) is -7.50. The molecule has 184 valence electrons. The third kappa shape index (κ3) is 5.84. The van der Waals surface area contributed by atoms with Gasteiger partial charge in [0.1, 0.15) is 0 Å². The Hall–Kier alpha value is -2.92. The molecule has 0 aliphatic carbocycles. The Morgan fingerprint density at radius 1 is 0.886 bits per heavy atom. The molecule has 1 aliphatic rings. The van der Waals surface area contributed by atoms with E-state index >= 15 is 0 Å². The molecule has 4 rings (SSSR count). The maximum Gasteiger partial charge on any atom is 0.264 e. The summed E-state index contributed by atoms with van der Waals surface area (Å²) in [6.07, 6.45) is 1.48. The minimum atomic E-state index is -3.76. The van der Waals surface area contributed by atoms with Crippen LogP contribution in [0, 0.1) is 0 Å². The van der Waals surface area contributed by atoms with Crippen LogP contribution in [0.1, 0.15) is 18.4 Å². The van der Waals surface area contributed by atoms with E-state index in [1.165, 1.54) is 52.8 Å². The van der Waals surface area contributed by atoms with Crippen molar-refractivity contribution >= 4 is 48.9 Å². The first kappa shape index (κ1) is 25.2. The SMILES string of the molecule is O=C(CCNS(=O)(=O)c1ccc(Cl)cc1)Nc1ccc(S(=O)(=O)N2CCCc3ccccc32)cc1. The van der Waals surface area contributed by atoms with Gasteiger partial charge in [-0.25, -0.2) is 21.6 Å². The topological polar surface area (TPSA) is 113 Å². The number of anilines is 2. The summed E-state index contributed by atoms with van der Waals surface area (Å²) < 4.78 is 54.8. The van der Waals surface area contributed by atoms with Gasteiger partial charge in [-0.2, -0.15) is 0 Å². The third-order valence-corrected chi connectivity index (χ3v) is 9.12. The molecular formula is C24H24ClN3O5S2. The van der Waals surface area contributed by atoms with E-state index in [2.05, 4.69) is 10.0 Å². The fourth-order valence-electron chi connectivity index (χ4n) is 3.81. The predicted octanol–water partition coefficient (Wildman–Crippen LogP) is 3.79. The summed E-state index contributed by atoms with van der Waals surface area (Å²) >= 11 is 5.78. The zero-order valence-corrected chi connectivity index (χ0v) is 21.0. The van der Waals surface area contributed by atoms with E-state index in [0.29, 0.717) is 22.9 Å². The number of sulfonamides is 2. The second-order valence-electron chi connectivity index (χ2n) is 7.98. The van der Waals surface area contributed by atoms with Crippen LogP contribution in [0.25, 0.3) is 0 Å². The first-order valence-electron chi connectivity index (χ1n) is 10.9. The smallest absolute Gasteiger partial charge is 0.264 e. The Bertz CT molecular complexity index is 1420. The molecule has 2 N–H and O–H groups in total. The lowest BCUT2D eigenvalue weighted by atomic mass is 10.0. The Morgan fingerprint density at radius 3 is 2.26 bits per heavy atom. The van der Waals surface area contributed by atoms with E-state index < -0.39 is 26.0 Å². The van der Waals surface area contributed by atoms with E-state index in [9.17, 15) is 21.6 Å². The molecule has 0 unspecified atom stereocenters. The Kier molecular flexibility index (Phi) is 7.46. The highest BCUT2D eigenvalue weighted by Crippen LogP contribution is 2.32. The van der Waals surface area contributed by atoms with Gasteiger partial charge in [0.25, 0.3) is 10.0 Å². The van der Waals surface area contributed by atoms with Crippen LogP contribution < -0.4 is 14.3 Å². The molecule has 35 heavy (non-hydrogen) atoms. The van der Waals surface area contributed by atoms with Crippen molar-refractivity contribution in [2.75, 3.05) is 22.7 Å². The predicted molar refractivity (Wildman–Crippen MR) is 136 cm³/mol. The lowest BCUT2D eigenvalue weighted by Crippen LogP contribution is -2.35. The number of fused-ring (bicyclic) bond motifs is 1. The molecule has 0 atom stereocenters. The van der Waals surface area contributed by atoms with E-state index in [-0.39, 0.29) is 22.8 Å². The van der Waals surface area contributed by atoms with Gasteiger partial charge < -0.3 is 5.32 Å². The molecule has 3 aromatic carbocycles. The third-order valence-electron chi connectivity index (χ3n) is 5.56. The highest BCUT2D eigenvalue weighted by molar-refractivity contribution is 7.92. The Morgan fingerprint density at radius 2 is 1.54 bits per heavy atom. The summed E-state index contributed by atoms with van der Waals surface area (Å²) in [5.74, 6) is -0.413. The van der Waals surface area contributed by atoms with Crippen LogP contribution in [-0.4, -0.2) is 35.8 Å². The van der Waals surface area contributed by atoms with Gasteiger partial charge in [0.2, 0.25) is 15.9 Å². The number of benzene rings is 3. The zero-order valence-electron chi connectivity index (χ0n) is 18.6. The van der Waals surface area contributed by atoms with Crippen LogP contribution in [0.2, 0.25) is 5.02 Å². The fourth-order valence-corrected chi connectivity index (χ4v) is 6.50. The van der Waals surface area contributed by atoms with Gasteiger partial charge in [0.05, 0.1) is 15.5 Å². The minimum absolute atomic E-state index is 0.0513. The van der Waals surface area contributed by atoms with Gasteiger partial charge in [-0.1, -0.05) is 29.8 Å². The molecule has 0 aromatic heterocycles. The maximum absolute atomic E-state index is 13.2. The van der Waals surface area contributed by atoms with Crippen LogP contribution in [0.3, 0.4) is 0 Å². The summed E-state index contributed by atoms with van der Waals surface area (Å²) in [6.45, 7) is 0.307. The van der Waals surface area contributed by atoms with Gasteiger partial charge in [-0.15, -0.1) is 0 Å². The lowest BCUT2D eigenvalue weighted by molar-refractivity contribution is -0.116. The van der Waals surface area contributed by atoms with Gasteiger partial charge in [-0.3, -0.25) is 9.10 Å². The number of rotatable bonds is 8. The number of nitrogens with zero attached hydrogens (tertiary/aromatic N) is 1. The Labute approximate surface area is 210 Å². The van der Waals surface area contributed by atoms with E-state index in [0.717, 1.165) is 18.4 Å². The number of hydrogen-bond acceptors (Lipinski definition) is 5. The molecule has 3 aromatic rings. The summed E-state index contributed by atoms with van der Waals surface area (Å²) in [4.78, 5) is 12.4. The van der Waals surface area contributed by atoms with Gasteiger partial charge in [-0.05, 0) is 73.0 Å². The summed E-state index contributed by atoms with van der Waals surface area (Å²) in [5.41, 5.74) is 2.10. The number of nitrogens with one attached hydrogen (secondary N) is 2. The normalized spacial score (nSPS) is 13.8. The van der Waals surface area contributed by atoms with Crippen molar-refractivity contribution in [2.45, 2.75) is 29.1 Å². The molecular weight excluding hydrogens is 510 g/mol. The number of carbonyl (C=O) groups excluding carboxylic acids is 1. The highest BCUT2D eigenvalue weighted by Gasteiger charge is 2.28. The van der Waals surface area contributed by atoms with E-state index in [4.69, 9.17) is 11.6 Å². The van der Waals surface area contributed by atoms with Crippen molar-refractivity contribution in [1.29, 1.82) is 0 Å². The number of aryl methyl sites for hydroxylation is 1. The first-order valence-corrected chi connectivity index (χ1v) is 14.2. The monoisotopic (exact) mass is 533 g/mol. The second-order valence-corrected chi connectivity index (χ2v) is 12.0. The first-order chi connectivity index (χ1) is 16.7. The van der Waals surface area contributed by atoms with E-state index in [1.807, 2.05) is 24.3 Å². The average Bonchev–Trinajstić information content (AvgIpc) is 2.84. The van der Waals surface area contributed by atoms with Crippen molar-refractivity contribution in [3.8, 4) is 0 Å². The molecule has 0 saturated heterocycles. The molecule has 0 spiro atoms. The maximum atomic E-state index is 13.2. The van der Waals surface area contributed by atoms with Crippen LogP contribution in [-0.2, 0) is 31.3 Å². The molecule has 1 heterocycles. The Balaban J connectivity index is 1.35. The highest BCUT2D eigenvalue weighted by atomic mass is 35.5. The zero-order chi connectivity index (χ0) is 25.1. The number of amides is 1. The molecule has 8 nitrogen and oxygen atoms in total. The molecule has 1 aliphatic heterocycles. The van der Waals surface area contributed by atoms with Gasteiger partial charge in [0, 0.05) is 30.2 Å². The average molecular weight is 534 g/mol. The van der Waals surface area contributed by atoms with Crippen LogP contribution in [0.4, 0.5) is 11.4 Å². The summed E-state index contributed by atoms with van der Waals surface area (Å²) in [5, 5.41) is 3.07. The van der Waals surface area contributed by atoms with Crippen molar-refractivity contribution in [2.24, 2.45) is 0 Å². The van der Waals surface area contributed by atoms with Crippen molar-refractivity contribution in [1.82, 2.24) is 4.72 Å². The molecule has 0 radical (unpaired) electrons.